The van der Waals surface area contributed by atoms with Crippen molar-refractivity contribution in [1.82, 2.24) is 4.90 Å². The molecule has 0 amide bonds. The molecule has 0 radical (unpaired) electrons. The molecule has 6 heteroatoms. The molecular formula is C42H62NO4P. The van der Waals surface area contributed by atoms with Crippen LogP contribution in [-0.2, 0) is 12.0 Å². The third kappa shape index (κ3) is 6.31. The number of aromatic hydroxyl groups is 1. The van der Waals surface area contributed by atoms with E-state index in [0.717, 1.165) is 38.8 Å². The van der Waals surface area contributed by atoms with Crippen LogP contribution in [0, 0.1) is 21.7 Å². The van der Waals surface area contributed by atoms with Gasteiger partial charge in [-0.2, -0.15) is 0 Å². The average molecular weight is 676 g/mol. The minimum Gasteiger partial charge on any atom is -0.508 e. The fraction of sp³-hybridized carbons (Fsp3) is 0.571. The molecule has 1 heterocycles. The van der Waals surface area contributed by atoms with Crippen LogP contribution in [-0.4, -0.2) is 28.2 Å². The Hall–Kier alpha value is -2.88. The Morgan fingerprint density at radius 3 is 1.71 bits per heavy atom. The van der Waals surface area contributed by atoms with Crippen molar-refractivity contribution in [3.05, 3.63) is 71.8 Å². The van der Waals surface area contributed by atoms with E-state index >= 15 is 0 Å². The first-order valence-corrected chi connectivity index (χ1v) is 18.2. The molecule has 1 atom stereocenters. The van der Waals surface area contributed by atoms with E-state index in [9.17, 15) is 5.11 Å². The molecule has 4 aromatic rings. The van der Waals surface area contributed by atoms with Crippen LogP contribution < -0.4 is 4.74 Å². The summed E-state index contributed by atoms with van der Waals surface area (Å²) in [5, 5.41) is 12.8. The van der Waals surface area contributed by atoms with E-state index < -0.39 is 11.1 Å². The van der Waals surface area contributed by atoms with Gasteiger partial charge in [0.1, 0.15) is 28.3 Å². The van der Waals surface area contributed by atoms with Crippen molar-refractivity contribution in [1.29, 1.82) is 0 Å². The summed E-state index contributed by atoms with van der Waals surface area (Å²) in [6.45, 7) is 35.4. The molecule has 48 heavy (non-hydrogen) atoms. The average Bonchev–Trinajstić information content (AvgIpc) is 3.09. The lowest BCUT2D eigenvalue weighted by atomic mass is 9.41. The van der Waals surface area contributed by atoms with Gasteiger partial charge in [0, 0.05) is 28.1 Å². The monoisotopic (exact) mass is 675 g/mol. The number of benzene rings is 3. The van der Waals surface area contributed by atoms with Gasteiger partial charge in [0.15, 0.2) is 0 Å². The smallest absolute Gasteiger partial charge is 0.201 e. The summed E-state index contributed by atoms with van der Waals surface area (Å²) < 4.78 is 19.9. The second-order valence-corrected chi connectivity index (χ2v) is 19.5. The third-order valence-corrected chi connectivity index (χ3v) is 11.0. The minimum absolute atomic E-state index is 0.114. The fourth-order valence-corrected chi connectivity index (χ4v) is 10.4. The van der Waals surface area contributed by atoms with Gasteiger partial charge < -0.3 is 18.2 Å². The van der Waals surface area contributed by atoms with Gasteiger partial charge in [-0.05, 0) is 64.8 Å². The predicted molar refractivity (Wildman–Crippen MR) is 205 cm³/mol. The molecule has 264 valence electrons. The lowest BCUT2D eigenvalue weighted by molar-refractivity contribution is -0.276. The van der Waals surface area contributed by atoms with Gasteiger partial charge in [-0.25, -0.2) is 0 Å². The van der Waals surface area contributed by atoms with E-state index in [2.05, 4.69) is 146 Å². The van der Waals surface area contributed by atoms with Crippen LogP contribution in [0.2, 0.25) is 0 Å². The highest BCUT2D eigenvalue weighted by atomic mass is 31.1. The van der Waals surface area contributed by atoms with Crippen LogP contribution in [0.1, 0.15) is 115 Å². The molecule has 0 spiro atoms. The van der Waals surface area contributed by atoms with Crippen molar-refractivity contribution >= 4 is 30.6 Å². The maximum atomic E-state index is 10.8. The molecule has 0 saturated carbocycles. The van der Waals surface area contributed by atoms with E-state index in [0.29, 0.717) is 12.3 Å². The minimum atomic E-state index is -0.764. The quantitative estimate of drug-likeness (QED) is 0.220. The standard InChI is InChI=1S/C42H62NO4P/c1-36(2,3)32-25-28(21-23-33(32)44)27-43(16)41(37(4,5)6,38(7,8)9)42(39(10,11)12,40(13,14)15)45-29-22-24-35-31(26-29)30-19-17-18-20-34(30)46-48-47-35/h17-26,44,48H,27H2,1-16H3. The van der Waals surface area contributed by atoms with Crippen molar-refractivity contribution in [2.24, 2.45) is 21.7 Å². The zero-order valence-electron chi connectivity index (χ0n) is 32.6. The first kappa shape index (κ1) is 37.9. The number of ether oxygens (including phenoxy) is 1. The Labute approximate surface area is 292 Å². The summed E-state index contributed by atoms with van der Waals surface area (Å²) in [7, 11) is 2.16. The number of fused-ring (bicyclic) bond motifs is 3. The lowest BCUT2D eigenvalue weighted by Gasteiger charge is -2.73. The summed E-state index contributed by atoms with van der Waals surface area (Å²) in [6, 6.07) is 20.5. The Bertz CT molecular complexity index is 1760. The maximum Gasteiger partial charge on any atom is 0.201 e. The van der Waals surface area contributed by atoms with E-state index in [1.807, 2.05) is 30.3 Å². The Kier molecular flexibility index (Phi) is 9.85. The number of hydrogen-bond acceptors (Lipinski definition) is 5. The van der Waals surface area contributed by atoms with E-state index in [1.165, 1.54) is 0 Å². The summed E-state index contributed by atoms with van der Waals surface area (Å²) in [6.07, 6.45) is 0. The molecule has 0 fully saturated rings. The number of likely N-dealkylation sites (N-methyl/N-ethyl adjacent to an activating group) is 1. The second-order valence-electron chi connectivity index (χ2n) is 18.9. The van der Waals surface area contributed by atoms with Gasteiger partial charge in [0.2, 0.25) is 8.67 Å². The third-order valence-electron chi connectivity index (χ3n) is 10.4. The molecule has 0 bridgehead atoms. The number of phenols is 1. The van der Waals surface area contributed by atoms with Gasteiger partial charge in [-0.1, -0.05) is 134 Å². The van der Waals surface area contributed by atoms with Crippen LogP contribution in [0.15, 0.2) is 69.1 Å². The molecule has 1 N–H and O–H groups in total. The predicted octanol–water partition coefficient (Wildman–Crippen LogP) is 12.5. The van der Waals surface area contributed by atoms with E-state index in [1.54, 1.807) is 0 Å². The molecule has 0 aliphatic carbocycles. The largest absolute Gasteiger partial charge is 0.508 e. The van der Waals surface area contributed by atoms with Crippen LogP contribution in [0.5, 0.6) is 11.5 Å². The fourth-order valence-electron chi connectivity index (χ4n) is 9.80. The number of para-hydroxylation sites is 1. The number of phenolic OH excluding ortho intramolecular Hbond substituents is 1. The van der Waals surface area contributed by atoms with Crippen LogP contribution in [0.25, 0.3) is 21.9 Å². The van der Waals surface area contributed by atoms with E-state index in [-0.39, 0.29) is 35.7 Å². The first-order chi connectivity index (χ1) is 21.8. The summed E-state index contributed by atoms with van der Waals surface area (Å²) >= 11 is 0. The Balaban J connectivity index is 2.09. The normalized spacial score (nSPS) is 14.4. The molecule has 0 aliphatic rings. The Morgan fingerprint density at radius 1 is 0.646 bits per heavy atom. The zero-order chi connectivity index (χ0) is 36.3. The van der Waals surface area contributed by atoms with Crippen molar-refractivity contribution in [2.75, 3.05) is 7.05 Å². The van der Waals surface area contributed by atoms with Crippen LogP contribution in [0.4, 0.5) is 0 Å². The van der Waals surface area contributed by atoms with Crippen molar-refractivity contribution in [3.63, 3.8) is 0 Å². The molecule has 5 nitrogen and oxygen atoms in total. The molecule has 1 unspecified atom stereocenters. The molecule has 0 saturated heterocycles. The SMILES string of the molecule is CN(Cc1ccc(O)c(C(C)(C)C)c1)C(C(C)(C)C)(C(C)(C)C)C(Oc1ccc2o[pH]oc3ccccc3c2c1)(C(C)(C)C)C(C)(C)C. The molecule has 4 rings (SSSR count). The lowest BCUT2D eigenvalue weighted by Crippen LogP contribution is -2.83. The van der Waals surface area contributed by atoms with Crippen molar-refractivity contribution in [2.45, 2.75) is 127 Å². The molecule has 0 aliphatic heterocycles. The van der Waals surface area contributed by atoms with Crippen LogP contribution >= 0.6 is 8.67 Å². The Morgan fingerprint density at radius 2 is 1.19 bits per heavy atom. The van der Waals surface area contributed by atoms with Gasteiger partial charge in [0.25, 0.3) is 0 Å². The van der Waals surface area contributed by atoms with Gasteiger partial charge in [-0.3, -0.25) is 4.90 Å². The van der Waals surface area contributed by atoms with Crippen molar-refractivity contribution < 1.29 is 18.2 Å². The number of nitrogens with zero attached hydrogens (tertiary/aromatic N) is 1. The number of rotatable bonds is 6. The summed E-state index contributed by atoms with van der Waals surface area (Å²) in [5.74, 6) is 1.14. The molecule has 1 aromatic heterocycles. The highest BCUT2D eigenvalue weighted by Gasteiger charge is 2.74. The summed E-state index contributed by atoms with van der Waals surface area (Å²) in [5.41, 5.74) is 0.953. The maximum absolute atomic E-state index is 10.8. The molecular weight excluding hydrogens is 613 g/mol. The van der Waals surface area contributed by atoms with Crippen molar-refractivity contribution in [3.8, 4) is 11.5 Å². The van der Waals surface area contributed by atoms with Gasteiger partial charge >= 0.3 is 0 Å². The zero-order valence-corrected chi connectivity index (χ0v) is 33.6. The second kappa shape index (κ2) is 12.5. The topological polar surface area (TPSA) is 59.0 Å². The van der Waals surface area contributed by atoms with E-state index in [4.69, 9.17) is 13.1 Å². The first-order valence-electron chi connectivity index (χ1n) is 17.3. The van der Waals surface area contributed by atoms with Gasteiger partial charge in [-0.15, -0.1) is 0 Å². The van der Waals surface area contributed by atoms with Gasteiger partial charge in [0.05, 0.1) is 5.54 Å². The number of hydrogen-bond donors (Lipinski definition) is 1. The highest BCUT2D eigenvalue weighted by molar-refractivity contribution is 7.15. The molecule has 3 aromatic carbocycles. The summed E-state index contributed by atoms with van der Waals surface area (Å²) in [4.78, 5) is 2.57. The highest BCUT2D eigenvalue weighted by Crippen LogP contribution is 2.65. The van der Waals surface area contributed by atoms with Crippen LogP contribution in [0.3, 0.4) is 0 Å².